The highest BCUT2D eigenvalue weighted by Crippen LogP contribution is 2.21. The number of likely N-dealkylation sites (tertiary alicyclic amines) is 1. The zero-order chi connectivity index (χ0) is 56.8. The first-order chi connectivity index (χ1) is 35.8. The molecule has 416 valence electrons. The topological polar surface area (TPSA) is 439 Å². The Balaban J connectivity index is 1.88. The molecule has 1 aliphatic heterocycles. The van der Waals surface area contributed by atoms with E-state index in [1.165, 1.54) is 58.9 Å². The Morgan fingerprint density at radius 1 is 0.658 bits per heavy atom. The molecular formula is C50H76N16O10. The van der Waals surface area contributed by atoms with Crippen LogP contribution in [-0.4, -0.2) is 149 Å². The van der Waals surface area contributed by atoms with E-state index in [1.807, 2.05) is 30.3 Å². The minimum absolute atomic E-state index is 0.0389. The van der Waals surface area contributed by atoms with Gasteiger partial charge in [-0.05, 0) is 109 Å². The molecule has 19 N–H and O–H groups in total. The molecule has 1 heterocycles. The monoisotopic (exact) mass is 1060 g/mol. The number of carbonyl (C=O) groups is 10. The molecular weight excluding hydrogens is 985 g/mol. The van der Waals surface area contributed by atoms with Gasteiger partial charge in [-0.1, -0.05) is 42.5 Å². The van der Waals surface area contributed by atoms with Crippen molar-refractivity contribution in [2.45, 2.75) is 147 Å². The molecule has 2 aromatic rings. The van der Waals surface area contributed by atoms with Crippen molar-refractivity contribution in [3.05, 3.63) is 65.7 Å². The van der Waals surface area contributed by atoms with Crippen LogP contribution in [0, 0.1) is 10.8 Å². The fraction of sp³-hybridized carbons (Fsp3) is 0.520. The summed E-state index contributed by atoms with van der Waals surface area (Å²) in [5.74, 6) is -10.8. The quantitative estimate of drug-likeness (QED) is 0.0127. The summed E-state index contributed by atoms with van der Waals surface area (Å²) >= 11 is 0. The number of aryl methyl sites for hydroxylation is 1. The highest BCUT2D eigenvalue weighted by molar-refractivity contribution is 6.10. The van der Waals surface area contributed by atoms with E-state index in [1.54, 1.807) is 0 Å². The second-order valence-corrected chi connectivity index (χ2v) is 18.8. The van der Waals surface area contributed by atoms with Crippen LogP contribution in [0.25, 0.3) is 0 Å². The van der Waals surface area contributed by atoms with Crippen molar-refractivity contribution in [1.29, 1.82) is 10.8 Å². The van der Waals surface area contributed by atoms with Crippen LogP contribution in [0.2, 0.25) is 0 Å². The fourth-order valence-corrected chi connectivity index (χ4v) is 8.25. The van der Waals surface area contributed by atoms with Gasteiger partial charge in [0.2, 0.25) is 41.4 Å². The molecule has 26 heteroatoms. The third-order valence-electron chi connectivity index (χ3n) is 12.7. The number of guanidine groups is 2. The molecule has 0 radical (unpaired) electrons. The number of hydrogen-bond donors (Lipinski definition) is 14. The number of rotatable bonds is 30. The van der Waals surface area contributed by atoms with Gasteiger partial charge in [0.05, 0.1) is 12.1 Å². The standard InChI is InChI=1S/C50H76N16O10/c1-27(40(68)39(41(53)69)33-19-21-34(51)22-20-33)61-44(72)37(17-12-25-59-50(56)57)64-43(71)30(4)66(47(75)31(5)65-26-23-35(52)48(65)76)46(74)29(3)62-45(73)36(16-11-24-58-49(54)55)63-42(70)28(2)60-38(67)18-10-9-15-32-13-7-6-8-14-32/h6-8,13-14,19-22,27-31,35-37,39H,9-12,15-18,23-26,51-52H2,1-5H3,(H2,53,69)(H,60,67)(H,61,72)(H,62,73)(H,63,70)(H,64,71)(H4,54,55,58)(H4,56,57,59)/t27-,28-,29-,30-,31-,35+,36-,37-,39?/m0/s1. The zero-order valence-corrected chi connectivity index (χ0v) is 43.7. The number of benzene rings is 2. The van der Waals surface area contributed by atoms with Gasteiger partial charge in [-0.15, -0.1) is 0 Å². The molecule has 1 fully saturated rings. The molecule has 0 spiro atoms. The van der Waals surface area contributed by atoms with Crippen molar-refractivity contribution in [3.8, 4) is 0 Å². The van der Waals surface area contributed by atoms with Crippen molar-refractivity contribution >= 4 is 76.6 Å². The number of carbonyl (C=O) groups excluding carboxylic acids is 10. The molecule has 0 aromatic heterocycles. The lowest BCUT2D eigenvalue weighted by Gasteiger charge is -2.34. The molecule has 3 rings (SSSR count). The number of anilines is 1. The third kappa shape index (κ3) is 19.3. The number of nitrogen functional groups attached to an aromatic ring is 1. The Bertz CT molecular complexity index is 2410. The Hall–Kier alpha value is -8.16. The summed E-state index contributed by atoms with van der Waals surface area (Å²) in [5.41, 5.74) is 29.9. The van der Waals surface area contributed by atoms with Gasteiger partial charge < -0.3 is 70.8 Å². The maximum Gasteiger partial charge on any atom is 0.252 e. The lowest BCUT2D eigenvalue weighted by molar-refractivity contribution is -0.157. The van der Waals surface area contributed by atoms with Gasteiger partial charge in [-0.3, -0.25) is 63.7 Å². The van der Waals surface area contributed by atoms with E-state index in [0.29, 0.717) is 17.0 Å². The average Bonchev–Trinajstić information content (AvgIpc) is 3.70. The summed E-state index contributed by atoms with van der Waals surface area (Å²) in [6.45, 7) is 6.69. The Labute approximate surface area is 441 Å². The van der Waals surface area contributed by atoms with E-state index in [-0.39, 0.29) is 81.5 Å². The third-order valence-corrected chi connectivity index (χ3v) is 12.7. The molecule has 9 amide bonds. The number of nitrogens with zero attached hydrogens (tertiary/aromatic N) is 2. The largest absolute Gasteiger partial charge is 0.399 e. The summed E-state index contributed by atoms with van der Waals surface area (Å²) in [7, 11) is 0. The summed E-state index contributed by atoms with van der Waals surface area (Å²) in [4.78, 5) is 139. The van der Waals surface area contributed by atoms with E-state index in [4.69, 9.17) is 39.5 Å². The molecule has 1 unspecified atom stereocenters. The second kappa shape index (κ2) is 30.3. The minimum atomic E-state index is -1.75. The van der Waals surface area contributed by atoms with Gasteiger partial charge in [0, 0.05) is 31.7 Å². The van der Waals surface area contributed by atoms with E-state index in [2.05, 4.69) is 37.2 Å². The molecule has 2 aromatic carbocycles. The van der Waals surface area contributed by atoms with Crippen molar-refractivity contribution < 1.29 is 47.9 Å². The number of imide groups is 1. The summed E-state index contributed by atoms with van der Waals surface area (Å²) in [6, 6.07) is 4.63. The number of hydrogen-bond acceptors (Lipinski definition) is 14. The molecule has 0 bridgehead atoms. The number of ketones is 1. The lowest BCUT2D eigenvalue weighted by Crippen LogP contribution is -2.62. The summed E-state index contributed by atoms with van der Waals surface area (Å²) in [5, 5.41) is 33.0. The highest BCUT2D eigenvalue weighted by Gasteiger charge is 2.43. The fourth-order valence-electron chi connectivity index (χ4n) is 8.25. The number of nitrogens with one attached hydrogen (secondary N) is 9. The van der Waals surface area contributed by atoms with Crippen molar-refractivity contribution in [3.63, 3.8) is 0 Å². The first-order valence-electron chi connectivity index (χ1n) is 25.2. The molecule has 1 aliphatic rings. The molecule has 9 atom stereocenters. The van der Waals surface area contributed by atoms with Gasteiger partial charge in [-0.2, -0.15) is 0 Å². The van der Waals surface area contributed by atoms with E-state index < -0.39 is 107 Å². The van der Waals surface area contributed by atoms with Gasteiger partial charge in [0.25, 0.3) is 11.8 Å². The Kier molecular flexibility index (Phi) is 24.7. The molecule has 0 saturated carbocycles. The summed E-state index contributed by atoms with van der Waals surface area (Å²) in [6.07, 6.45) is 2.46. The second-order valence-electron chi connectivity index (χ2n) is 18.8. The maximum atomic E-state index is 14.6. The lowest BCUT2D eigenvalue weighted by atomic mass is 9.90. The predicted octanol–water partition coefficient (Wildman–Crippen LogP) is -2.48. The predicted molar refractivity (Wildman–Crippen MR) is 282 cm³/mol. The average molecular weight is 1060 g/mol. The van der Waals surface area contributed by atoms with Crippen LogP contribution in [0.5, 0.6) is 0 Å². The maximum absolute atomic E-state index is 14.6. The summed E-state index contributed by atoms with van der Waals surface area (Å²) < 4.78 is 0. The SMILES string of the molecule is C[C@H](NC(=O)CCCCc1ccccc1)C(=O)N[C@@H](CCCNC(=N)N)C(=O)N[C@@H](C)C(=O)N(C(=O)[C@H](C)N1CC[C@@H](N)C1=O)[C@@H](C)C(=O)N[C@@H](CCCNC(=N)N)C(=O)N[C@@H](C)C(=O)C(C(N)=O)c1ccc(N)cc1. The van der Waals surface area contributed by atoms with Crippen molar-refractivity contribution in [2.75, 3.05) is 25.4 Å². The van der Waals surface area contributed by atoms with Crippen LogP contribution in [0.1, 0.15) is 103 Å². The first-order valence-corrected chi connectivity index (χ1v) is 25.2. The molecule has 76 heavy (non-hydrogen) atoms. The molecule has 0 aliphatic carbocycles. The van der Waals surface area contributed by atoms with Crippen LogP contribution in [0.15, 0.2) is 54.6 Å². The number of nitrogens with two attached hydrogens (primary N) is 5. The number of amides is 9. The molecule has 26 nitrogen and oxygen atoms in total. The van der Waals surface area contributed by atoms with Crippen LogP contribution in [0.4, 0.5) is 5.69 Å². The van der Waals surface area contributed by atoms with Crippen LogP contribution in [0.3, 0.4) is 0 Å². The first kappa shape index (κ1) is 62.1. The number of Topliss-reactive ketones (excluding diaryl/α,β-unsaturated/α-hetero) is 1. The number of primary amides is 1. The van der Waals surface area contributed by atoms with Gasteiger partial charge in [0.1, 0.15) is 42.2 Å². The molecule has 1 saturated heterocycles. The van der Waals surface area contributed by atoms with Crippen LogP contribution < -0.4 is 65.9 Å². The minimum Gasteiger partial charge on any atom is -0.399 e. The van der Waals surface area contributed by atoms with Gasteiger partial charge >= 0.3 is 0 Å². The Morgan fingerprint density at radius 2 is 1.20 bits per heavy atom. The van der Waals surface area contributed by atoms with E-state index >= 15 is 0 Å². The smallest absolute Gasteiger partial charge is 0.252 e. The highest BCUT2D eigenvalue weighted by atomic mass is 16.2. The van der Waals surface area contributed by atoms with Crippen LogP contribution in [-0.2, 0) is 54.4 Å². The van der Waals surface area contributed by atoms with E-state index in [0.717, 1.165) is 23.3 Å². The van der Waals surface area contributed by atoms with E-state index in [9.17, 15) is 47.9 Å². The van der Waals surface area contributed by atoms with Crippen molar-refractivity contribution in [2.24, 2.45) is 22.9 Å². The van der Waals surface area contributed by atoms with Crippen molar-refractivity contribution in [1.82, 2.24) is 47.0 Å². The normalized spacial score (nSPS) is 16.2. The van der Waals surface area contributed by atoms with Gasteiger partial charge in [0.15, 0.2) is 17.7 Å². The Morgan fingerprint density at radius 3 is 1.71 bits per heavy atom. The zero-order valence-electron chi connectivity index (χ0n) is 43.7. The van der Waals surface area contributed by atoms with Gasteiger partial charge in [-0.25, -0.2) is 0 Å². The number of unbranched alkanes of at least 4 members (excludes halogenated alkanes) is 1. The van der Waals surface area contributed by atoms with Crippen LogP contribution >= 0.6 is 0 Å².